The molecule has 0 aromatic heterocycles. The molecule has 1 fully saturated rings. The molecule has 0 spiro atoms. The molecule has 10 heteroatoms. The number of guanidine groups is 1. The van der Waals surface area contributed by atoms with Crippen molar-refractivity contribution < 1.29 is 14.4 Å². The Morgan fingerprint density at radius 3 is 2.13 bits per heavy atom. The van der Waals surface area contributed by atoms with Gasteiger partial charge in [-0.3, -0.25) is 19.4 Å². The number of nitrogens with two attached hydrogens (primary N) is 4. The smallest absolute Gasteiger partial charge is 0.243 e. The van der Waals surface area contributed by atoms with Gasteiger partial charge in [-0.05, 0) is 37.5 Å². The molecule has 0 radical (unpaired) electrons. The summed E-state index contributed by atoms with van der Waals surface area (Å²) in [4.78, 5) is 41.2. The van der Waals surface area contributed by atoms with E-state index in [9.17, 15) is 14.4 Å². The van der Waals surface area contributed by atoms with Crippen LogP contribution >= 0.6 is 0 Å². The maximum Gasteiger partial charge on any atom is 0.243 e. The molecule has 1 aliphatic rings. The lowest BCUT2D eigenvalue weighted by Gasteiger charge is -2.28. The monoisotopic (exact) mass is 439 g/mol. The predicted octanol–water partition coefficient (Wildman–Crippen LogP) is -0.161. The van der Waals surface area contributed by atoms with Gasteiger partial charge < -0.3 is 33.6 Å². The number of hydrogen-bond acceptors (Lipinski definition) is 5. The molecular weight excluding hydrogens is 398 g/mol. The number of hydrogen-bond donors (Lipinski definition) is 6. The molecule has 0 saturated heterocycles. The third kappa shape index (κ3) is 11.0. The van der Waals surface area contributed by atoms with Crippen molar-refractivity contribution in [2.45, 2.75) is 89.8 Å². The Balaban J connectivity index is 2.68. The molecule has 0 heterocycles. The van der Waals surface area contributed by atoms with Crippen LogP contribution in [0.1, 0.15) is 71.6 Å². The molecule has 0 unspecified atom stereocenters. The topological polar surface area (TPSA) is 192 Å². The van der Waals surface area contributed by atoms with Crippen LogP contribution in [0.25, 0.3) is 0 Å². The maximum atomic E-state index is 12.9. The van der Waals surface area contributed by atoms with Crippen LogP contribution in [0.4, 0.5) is 0 Å². The Bertz CT molecular complexity index is 614. The van der Waals surface area contributed by atoms with Crippen LogP contribution in [-0.4, -0.2) is 48.4 Å². The van der Waals surface area contributed by atoms with Gasteiger partial charge in [-0.2, -0.15) is 0 Å². The summed E-state index contributed by atoms with van der Waals surface area (Å²) >= 11 is 0. The van der Waals surface area contributed by atoms with Crippen molar-refractivity contribution in [3.8, 4) is 0 Å². The van der Waals surface area contributed by atoms with Gasteiger partial charge in [0, 0.05) is 6.54 Å². The van der Waals surface area contributed by atoms with Crippen molar-refractivity contribution in [2.75, 3.05) is 6.54 Å². The zero-order valence-electron chi connectivity index (χ0n) is 18.9. The lowest BCUT2D eigenvalue weighted by molar-refractivity contribution is -0.132. The third-order valence-electron chi connectivity index (χ3n) is 5.60. The van der Waals surface area contributed by atoms with Gasteiger partial charge >= 0.3 is 0 Å². The third-order valence-corrected chi connectivity index (χ3v) is 5.60. The van der Waals surface area contributed by atoms with Crippen LogP contribution in [0.2, 0.25) is 0 Å². The van der Waals surface area contributed by atoms with Crippen LogP contribution in [-0.2, 0) is 14.4 Å². The molecule has 31 heavy (non-hydrogen) atoms. The van der Waals surface area contributed by atoms with E-state index in [-0.39, 0.29) is 11.9 Å². The Hall–Kier alpha value is -2.36. The average molecular weight is 440 g/mol. The summed E-state index contributed by atoms with van der Waals surface area (Å²) < 4.78 is 0. The van der Waals surface area contributed by atoms with E-state index in [1.54, 1.807) is 0 Å². The summed E-state index contributed by atoms with van der Waals surface area (Å²) in [6, 6.07) is -2.31. The van der Waals surface area contributed by atoms with E-state index in [2.05, 4.69) is 15.6 Å². The van der Waals surface area contributed by atoms with E-state index in [1.165, 1.54) is 6.42 Å². The molecular formula is C21H41N7O3. The SMILES string of the molecule is CC(C)C[C@H](NC(=O)[C@@H](N)CCCN=C(N)N)C(=O)N[C@@H](CC1CCCCC1)C(N)=O. The summed E-state index contributed by atoms with van der Waals surface area (Å²) in [5.41, 5.74) is 22.1. The minimum absolute atomic E-state index is 0.0103. The number of nitrogens with one attached hydrogen (secondary N) is 2. The number of amides is 3. The first-order valence-electron chi connectivity index (χ1n) is 11.3. The second-order valence-corrected chi connectivity index (χ2v) is 8.95. The Morgan fingerprint density at radius 1 is 0.968 bits per heavy atom. The Labute approximate surface area is 185 Å². The summed E-state index contributed by atoms with van der Waals surface area (Å²) in [6.45, 7) is 4.28. The molecule has 1 saturated carbocycles. The number of nitrogens with zero attached hydrogens (tertiary/aromatic N) is 1. The van der Waals surface area contributed by atoms with E-state index < -0.39 is 35.8 Å². The quantitative estimate of drug-likeness (QED) is 0.131. The van der Waals surface area contributed by atoms with Crippen molar-refractivity contribution in [1.29, 1.82) is 0 Å². The Morgan fingerprint density at radius 2 is 1.58 bits per heavy atom. The van der Waals surface area contributed by atoms with Gasteiger partial charge in [0.25, 0.3) is 0 Å². The van der Waals surface area contributed by atoms with Crippen molar-refractivity contribution in [2.24, 2.45) is 39.8 Å². The van der Waals surface area contributed by atoms with Crippen LogP contribution in [0.5, 0.6) is 0 Å². The number of carbonyl (C=O) groups excluding carboxylic acids is 3. The van der Waals surface area contributed by atoms with Crippen molar-refractivity contribution >= 4 is 23.7 Å². The molecule has 3 atom stereocenters. The van der Waals surface area contributed by atoms with E-state index in [1.807, 2.05) is 13.8 Å². The second kappa shape index (κ2) is 13.8. The Kier molecular flexibility index (Phi) is 11.9. The molecule has 10 nitrogen and oxygen atoms in total. The highest BCUT2D eigenvalue weighted by atomic mass is 16.2. The molecule has 0 bridgehead atoms. The molecule has 10 N–H and O–H groups in total. The van der Waals surface area contributed by atoms with E-state index in [0.717, 1.165) is 25.7 Å². The largest absolute Gasteiger partial charge is 0.370 e. The zero-order valence-corrected chi connectivity index (χ0v) is 18.9. The highest BCUT2D eigenvalue weighted by molar-refractivity contribution is 5.92. The lowest BCUT2D eigenvalue weighted by atomic mass is 9.84. The standard InChI is InChI=1S/C21H41N7O3/c1-13(2)11-17(28-19(30)15(22)9-6-10-26-21(24)25)20(31)27-16(18(23)29)12-14-7-4-3-5-8-14/h13-17H,3-12,22H2,1-2H3,(H2,23,29)(H,27,31)(H,28,30)(H4,24,25,26)/t15-,16-,17-/m0/s1. The van der Waals surface area contributed by atoms with Gasteiger partial charge in [0.05, 0.1) is 6.04 Å². The van der Waals surface area contributed by atoms with E-state index >= 15 is 0 Å². The lowest BCUT2D eigenvalue weighted by Crippen LogP contribution is -2.55. The van der Waals surface area contributed by atoms with Gasteiger partial charge in [-0.25, -0.2) is 0 Å². The van der Waals surface area contributed by atoms with Crippen molar-refractivity contribution in [3.05, 3.63) is 0 Å². The van der Waals surface area contributed by atoms with Crippen LogP contribution in [0.15, 0.2) is 4.99 Å². The molecule has 1 rings (SSSR count). The molecule has 0 aliphatic heterocycles. The first-order chi connectivity index (χ1) is 14.6. The molecule has 0 aromatic carbocycles. The van der Waals surface area contributed by atoms with Gasteiger partial charge in [0.15, 0.2) is 5.96 Å². The molecule has 1 aliphatic carbocycles. The summed E-state index contributed by atoms with van der Waals surface area (Å²) in [5, 5.41) is 5.50. The highest BCUT2D eigenvalue weighted by Crippen LogP contribution is 2.27. The first-order valence-corrected chi connectivity index (χ1v) is 11.3. The molecule has 0 aromatic rings. The van der Waals surface area contributed by atoms with Crippen molar-refractivity contribution in [3.63, 3.8) is 0 Å². The van der Waals surface area contributed by atoms with Gasteiger partial charge in [-0.1, -0.05) is 46.0 Å². The fraction of sp³-hybridized carbons (Fsp3) is 0.810. The van der Waals surface area contributed by atoms with Gasteiger partial charge in [-0.15, -0.1) is 0 Å². The number of primary amides is 1. The van der Waals surface area contributed by atoms with E-state index in [0.29, 0.717) is 38.1 Å². The van der Waals surface area contributed by atoms with E-state index in [4.69, 9.17) is 22.9 Å². The first kappa shape index (κ1) is 26.7. The minimum atomic E-state index is -0.788. The number of aliphatic imine (C=N–C) groups is 1. The minimum Gasteiger partial charge on any atom is -0.370 e. The zero-order chi connectivity index (χ0) is 23.4. The fourth-order valence-electron chi connectivity index (χ4n) is 3.91. The average Bonchev–Trinajstić information content (AvgIpc) is 2.70. The summed E-state index contributed by atoms with van der Waals surface area (Å²) in [7, 11) is 0. The fourth-order valence-corrected chi connectivity index (χ4v) is 3.91. The predicted molar refractivity (Wildman–Crippen MR) is 122 cm³/mol. The maximum absolute atomic E-state index is 12.9. The van der Waals surface area contributed by atoms with Gasteiger partial charge in [0.2, 0.25) is 17.7 Å². The summed E-state index contributed by atoms with van der Waals surface area (Å²) in [6.07, 6.45) is 7.44. The van der Waals surface area contributed by atoms with Crippen LogP contribution in [0, 0.1) is 11.8 Å². The summed E-state index contributed by atoms with van der Waals surface area (Å²) in [5.74, 6) is -0.862. The molecule has 178 valence electrons. The number of carbonyl (C=O) groups is 3. The number of rotatable bonds is 13. The van der Waals surface area contributed by atoms with Crippen LogP contribution in [0.3, 0.4) is 0 Å². The highest BCUT2D eigenvalue weighted by Gasteiger charge is 2.29. The molecule has 3 amide bonds. The normalized spacial score (nSPS) is 17.4. The second-order valence-electron chi connectivity index (χ2n) is 8.95. The van der Waals surface area contributed by atoms with Crippen molar-refractivity contribution in [1.82, 2.24) is 10.6 Å². The van der Waals surface area contributed by atoms with Crippen LogP contribution < -0.4 is 33.6 Å². The van der Waals surface area contributed by atoms with Gasteiger partial charge in [0.1, 0.15) is 12.1 Å².